The van der Waals surface area contributed by atoms with Crippen molar-refractivity contribution in [3.63, 3.8) is 0 Å². The van der Waals surface area contributed by atoms with Crippen LogP contribution in [0.2, 0.25) is 0 Å². The Bertz CT molecular complexity index is 623. The zero-order valence-electron chi connectivity index (χ0n) is 12.8. The summed E-state index contributed by atoms with van der Waals surface area (Å²) in [4.78, 5) is 12.3. The lowest BCUT2D eigenvalue weighted by atomic mass is 9.83. The topological polar surface area (TPSA) is 79.5 Å². The maximum Gasteiger partial charge on any atom is 0.252 e. The predicted molar refractivity (Wildman–Crippen MR) is 80.2 cm³/mol. The number of nitrogens with zero attached hydrogens (tertiary/aromatic N) is 3. The molecule has 0 aromatic carbocycles. The highest BCUT2D eigenvalue weighted by Crippen LogP contribution is 2.24. The summed E-state index contributed by atoms with van der Waals surface area (Å²) in [5, 5.41) is 20.4. The molecule has 0 saturated heterocycles. The van der Waals surface area contributed by atoms with E-state index in [4.69, 9.17) is 0 Å². The Balaban J connectivity index is 2.13. The minimum atomic E-state index is -0.244. The average molecular weight is 290 g/mol. The van der Waals surface area contributed by atoms with E-state index < -0.39 is 0 Å². The molecule has 2 aromatic rings. The fourth-order valence-corrected chi connectivity index (χ4v) is 2.29. The van der Waals surface area contributed by atoms with Crippen molar-refractivity contribution in [2.24, 2.45) is 5.41 Å². The Morgan fingerprint density at radius 3 is 2.67 bits per heavy atom. The molecule has 0 atom stereocenters. The van der Waals surface area contributed by atoms with Crippen LogP contribution >= 0.6 is 0 Å². The van der Waals surface area contributed by atoms with Crippen molar-refractivity contribution in [1.82, 2.24) is 19.9 Å². The lowest BCUT2D eigenvalue weighted by molar-refractivity contribution is 0.0850. The van der Waals surface area contributed by atoms with Crippen molar-refractivity contribution in [3.05, 3.63) is 29.7 Å². The van der Waals surface area contributed by atoms with Gasteiger partial charge in [0.1, 0.15) is 5.82 Å². The highest BCUT2D eigenvalue weighted by atomic mass is 16.3. The molecule has 0 aliphatic heterocycles. The molecule has 6 nitrogen and oxygen atoms in total. The van der Waals surface area contributed by atoms with E-state index in [-0.39, 0.29) is 17.9 Å². The third kappa shape index (κ3) is 3.05. The first-order valence-corrected chi connectivity index (χ1v) is 7.25. The van der Waals surface area contributed by atoms with Crippen LogP contribution in [0.1, 0.15) is 42.9 Å². The maximum atomic E-state index is 12.3. The van der Waals surface area contributed by atoms with Crippen molar-refractivity contribution in [3.8, 4) is 0 Å². The molecule has 6 heteroatoms. The van der Waals surface area contributed by atoms with Crippen LogP contribution in [0.3, 0.4) is 0 Å². The van der Waals surface area contributed by atoms with Crippen LogP contribution in [-0.4, -0.2) is 38.8 Å². The van der Waals surface area contributed by atoms with Gasteiger partial charge >= 0.3 is 0 Å². The number of fused-ring (bicyclic) bond motifs is 1. The fraction of sp³-hybridized carbons (Fsp3) is 0.533. The number of hydrogen-bond donors (Lipinski definition) is 2. The van der Waals surface area contributed by atoms with Crippen LogP contribution < -0.4 is 5.32 Å². The van der Waals surface area contributed by atoms with E-state index in [1.807, 2.05) is 20.8 Å². The summed E-state index contributed by atoms with van der Waals surface area (Å²) in [6, 6.07) is 3.51. The molecule has 114 valence electrons. The molecule has 0 aliphatic carbocycles. The highest BCUT2D eigenvalue weighted by molar-refractivity contribution is 5.94. The number of hydrogen-bond acceptors (Lipinski definition) is 4. The van der Waals surface area contributed by atoms with Gasteiger partial charge in [0.15, 0.2) is 5.65 Å². The van der Waals surface area contributed by atoms with E-state index in [0.717, 1.165) is 24.3 Å². The second kappa shape index (κ2) is 6.22. The van der Waals surface area contributed by atoms with Gasteiger partial charge in [-0.25, -0.2) is 0 Å². The first-order valence-electron chi connectivity index (χ1n) is 7.25. The highest BCUT2D eigenvalue weighted by Gasteiger charge is 2.26. The number of aromatic nitrogens is 3. The van der Waals surface area contributed by atoms with Gasteiger partial charge in [-0.15, -0.1) is 10.2 Å². The fourth-order valence-electron chi connectivity index (χ4n) is 2.29. The number of aliphatic hydroxyl groups excluding tert-OH is 1. The minimum absolute atomic E-state index is 0.0733. The van der Waals surface area contributed by atoms with Gasteiger partial charge < -0.3 is 10.4 Å². The quantitative estimate of drug-likeness (QED) is 0.846. The van der Waals surface area contributed by atoms with E-state index in [9.17, 15) is 9.90 Å². The van der Waals surface area contributed by atoms with Crippen molar-refractivity contribution >= 4 is 11.6 Å². The smallest absolute Gasteiger partial charge is 0.252 e. The summed E-state index contributed by atoms with van der Waals surface area (Å²) in [6.45, 7) is 6.43. The van der Waals surface area contributed by atoms with Crippen LogP contribution in [0, 0.1) is 12.3 Å². The van der Waals surface area contributed by atoms with Gasteiger partial charge in [-0.05, 0) is 31.9 Å². The predicted octanol–water partition coefficient (Wildman–Crippen LogP) is 1.57. The minimum Gasteiger partial charge on any atom is -0.396 e. The molecule has 0 unspecified atom stereocenters. The van der Waals surface area contributed by atoms with Gasteiger partial charge in [0, 0.05) is 18.2 Å². The summed E-state index contributed by atoms with van der Waals surface area (Å²) in [5.41, 5.74) is 1.03. The van der Waals surface area contributed by atoms with Gasteiger partial charge in [-0.2, -0.15) is 0 Å². The summed E-state index contributed by atoms with van der Waals surface area (Å²) in [6.07, 6.45) is 3.38. The van der Waals surface area contributed by atoms with Gasteiger partial charge in [-0.1, -0.05) is 13.8 Å². The van der Waals surface area contributed by atoms with Crippen molar-refractivity contribution in [1.29, 1.82) is 0 Å². The summed E-state index contributed by atoms with van der Waals surface area (Å²) in [5.74, 6) is 0.594. The van der Waals surface area contributed by atoms with Crippen molar-refractivity contribution in [2.45, 2.75) is 33.6 Å². The van der Waals surface area contributed by atoms with Crippen molar-refractivity contribution in [2.75, 3.05) is 13.2 Å². The molecule has 21 heavy (non-hydrogen) atoms. The Morgan fingerprint density at radius 1 is 1.33 bits per heavy atom. The molecule has 2 heterocycles. The number of carbonyl (C=O) groups is 1. The molecule has 0 saturated carbocycles. The zero-order chi connectivity index (χ0) is 15.5. The van der Waals surface area contributed by atoms with Crippen LogP contribution in [0.15, 0.2) is 18.3 Å². The normalized spacial score (nSPS) is 11.8. The number of pyridine rings is 1. The number of nitrogens with one attached hydrogen (secondary N) is 1. The molecular formula is C15H22N4O2. The number of aliphatic hydroxyl groups is 1. The number of carbonyl (C=O) groups excluding carboxylic acids is 1. The van der Waals surface area contributed by atoms with Crippen LogP contribution in [0.5, 0.6) is 0 Å². The molecule has 2 rings (SSSR count). The Hall–Kier alpha value is -1.95. The van der Waals surface area contributed by atoms with E-state index in [2.05, 4.69) is 15.5 Å². The molecule has 0 radical (unpaired) electrons. The summed E-state index contributed by atoms with van der Waals surface area (Å²) < 4.78 is 1.79. The van der Waals surface area contributed by atoms with Crippen LogP contribution in [0.4, 0.5) is 0 Å². The molecular weight excluding hydrogens is 268 g/mol. The SMILES string of the molecule is CCC(CC)(CO)CNC(=O)c1ccc2nnc(C)n2c1. The zero-order valence-corrected chi connectivity index (χ0v) is 12.8. The number of amides is 1. The Morgan fingerprint density at radius 2 is 2.05 bits per heavy atom. The standard InChI is InChI=1S/C15H22N4O2/c1-4-15(5-2,10-20)9-16-14(21)12-6-7-13-18-17-11(3)19(13)8-12/h6-8,20H,4-5,9-10H2,1-3H3,(H,16,21). The molecule has 0 aliphatic rings. The average Bonchev–Trinajstić information content (AvgIpc) is 2.90. The first-order chi connectivity index (χ1) is 10.0. The monoisotopic (exact) mass is 290 g/mol. The lowest BCUT2D eigenvalue weighted by Gasteiger charge is -2.29. The second-order valence-corrected chi connectivity index (χ2v) is 5.44. The Kier molecular flexibility index (Phi) is 4.57. The van der Waals surface area contributed by atoms with Gasteiger partial charge in [0.05, 0.1) is 12.2 Å². The summed E-state index contributed by atoms with van der Waals surface area (Å²) >= 11 is 0. The van der Waals surface area contributed by atoms with E-state index in [1.54, 1.807) is 22.7 Å². The second-order valence-electron chi connectivity index (χ2n) is 5.44. The first kappa shape index (κ1) is 15.4. The van der Waals surface area contributed by atoms with Gasteiger partial charge in [0.2, 0.25) is 0 Å². The molecule has 2 N–H and O–H groups in total. The molecule has 0 spiro atoms. The molecule has 1 amide bonds. The molecule has 2 aromatic heterocycles. The number of aryl methyl sites for hydroxylation is 1. The van der Waals surface area contributed by atoms with Gasteiger partial charge in [-0.3, -0.25) is 9.20 Å². The maximum absolute atomic E-state index is 12.3. The van der Waals surface area contributed by atoms with E-state index >= 15 is 0 Å². The lowest BCUT2D eigenvalue weighted by Crippen LogP contribution is -2.39. The number of rotatable bonds is 6. The van der Waals surface area contributed by atoms with E-state index in [0.29, 0.717) is 12.1 Å². The third-order valence-electron chi connectivity index (χ3n) is 4.29. The third-order valence-corrected chi connectivity index (χ3v) is 4.29. The van der Waals surface area contributed by atoms with E-state index in [1.165, 1.54) is 0 Å². The summed E-state index contributed by atoms with van der Waals surface area (Å²) in [7, 11) is 0. The molecule has 0 bridgehead atoms. The largest absolute Gasteiger partial charge is 0.396 e. The van der Waals surface area contributed by atoms with Crippen LogP contribution in [0.25, 0.3) is 5.65 Å². The van der Waals surface area contributed by atoms with Crippen LogP contribution in [-0.2, 0) is 0 Å². The van der Waals surface area contributed by atoms with Crippen molar-refractivity contribution < 1.29 is 9.90 Å². The Labute approximate surface area is 124 Å². The molecule has 0 fully saturated rings. The van der Waals surface area contributed by atoms with Gasteiger partial charge in [0.25, 0.3) is 5.91 Å².